The molecule has 0 N–H and O–H groups in total. The quantitative estimate of drug-likeness (QED) is 0.442. The van der Waals surface area contributed by atoms with E-state index in [1.165, 1.54) is 6.07 Å². The van der Waals surface area contributed by atoms with E-state index in [0.717, 1.165) is 16.7 Å². The maximum absolute atomic E-state index is 14.4. The van der Waals surface area contributed by atoms with E-state index in [-0.39, 0.29) is 18.1 Å². The van der Waals surface area contributed by atoms with Crippen molar-refractivity contribution in [1.29, 1.82) is 0 Å². The van der Waals surface area contributed by atoms with Gasteiger partial charge in [0.1, 0.15) is 5.82 Å². The van der Waals surface area contributed by atoms with Gasteiger partial charge in [-0.2, -0.15) is 0 Å². The molecule has 4 rings (SSSR count). The Balaban J connectivity index is 1.93. The second kappa shape index (κ2) is 9.21. The first-order valence-corrected chi connectivity index (χ1v) is 11.1. The Morgan fingerprint density at radius 3 is 2.28 bits per heavy atom. The summed E-state index contributed by atoms with van der Waals surface area (Å²) >= 11 is 6.13. The highest BCUT2D eigenvalue weighted by atomic mass is 35.5. The first-order chi connectivity index (χ1) is 15.4. The van der Waals surface area contributed by atoms with Crippen molar-refractivity contribution in [3.05, 3.63) is 87.7 Å². The van der Waals surface area contributed by atoms with Crippen LogP contribution in [0.2, 0.25) is 5.02 Å². The molecule has 166 valence electrons. The number of amides is 1. The first kappa shape index (κ1) is 22.2. The fraction of sp³-hybridized carbons (Fsp3) is 0.269. The average molecular weight is 454 g/mol. The molecule has 0 saturated carbocycles. The number of fused-ring (bicyclic) bond motifs is 1. The summed E-state index contributed by atoms with van der Waals surface area (Å²) in [4.78, 5) is 15.0. The summed E-state index contributed by atoms with van der Waals surface area (Å²) in [5.41, 5.74) is 3.69. The van der Waals surface area contributed by atoms with Crippen molar-refractivity contribution < 1.29 is 18.7 Å². The Morgan fingerprint density at radius 1 is 1.00 bits per heavy atom. The van der Waals surface area contributed by atoms with Crippen molar-refractivity contribution in [2.24, 2.45) is 0 Å². The monoisotopic (exact) mass is 453 g/mol. The molecule has 0 aromatic heterocycles. The van der Waals surface area contributed by atoms with Gasteiger partial charge < -0.3 is 14.4 Å². The summed E-state index contributed by atoms with van der Waals surface area (Å²) in [5.74, 6) is 0.770. The highest BCUT2D eigenvalue weighted by molar-refractivity contribution is 6.30. The summed E-state index contributed by atoms with van der Waals surface area (Å²) in [6.07, 6.45) is 0.182. The zero-order chi connectivity index (χ0) is 22.8. The van der Waals surface area contributed by atoms with Gasteiger partial charge in [-0.25, -0.2) is 4.39 Å². The van der Waals surface area contributed by atoms with E-state index in [4.69, 9.17) is 21.1 Å². The molecule has 0 saturated heterocycles. The molecule has 4 nitrogen and oxygen atoms in total. The standard InChI is InChI=1S/C26H25ClFNO3/c1-4-31-23-12-18-13-25(30)29(20-11-6-16(3)22(28)14-20)26(17-7-9-19(27)10-8-17)21(18)15-24(23)32-5-2/h6-12,14-15,26H,4-5,13H2,1-3H3/t26-/m0/s1. The number of halogens is 2. The molecule has 0 unspecified atom stereocenters. The summed E-state index contributed by atoms with van der Waals surface area (Å²) in [6, 6.07) is 15.6. The summed E-state index contributed by atoms with van der Waals surface area (Å²) in [7, 11) is 0. The van der Waals surface area contributed by atoms with Crippen LogP contribution in [0.1, 0.15) is 42.1 Å². The molecular weight excluding hydrogens is 429 g/mol. The average Bonchev–Trinajstić information content (AvgIpc) is 2.77. The molecule has 1 atom stereocenters. The van der Waals surface area contributed by atoms with Crippen molar-refractivity contribution in [3.63, 3.8) is 0 Å². The second-order valence-electron chi connectivity index (χ2n) is 7.69. The van der Waals surface area contributed by atoms with Gasteiger partial charge in [0.2, 0.25) is 5.91 Å². The first-order valence-electron chi connectivity index (χ1n) is 10.7. The summed E-state index contributed by atoms with van der Waals surface area (Å²) in [5, 5.41) is 0.603. The smallest absolute Gasteiger partial charge is 0.232 e. The number of benzene rings is 3. The third-order valence-electron chi connectivity index (χ3n) is 5.59. The van der Waals surface area contributed by atoms with E-state index in [1.807, 2.05) is 38.1 Å². The van der Waals surface area contributed by atoms with Crippen LogP contribution in [0.5, 0.6) is 11.5 Å². The highest BCUT2D eigenvalue weighted by Gasteiger charge is 2.36. The molecule has 0 spiro atoms. The van der Waals surface area contributed by atoms with Crippen LogP contribution in [-0.4, -0.2) is 19.1 Å². The van der Waals surface area contributed by atoms with Crippen molar-refractivity contribution >= 4 is 23.2 Å². The Labute approximate surface area is 192 Å². The van der Waals surface area contributed by atoms with E-state index in [2.05, 4.69) is 0 Å². The van der Waals surface area contributed by atoms with Gasteiger partial charge in [-0.05, 0) is 79.4 Å². The van der Waals surface area contributed by atoms with E-state index >= 15 is 0 Å². The molecule has 32 heavy (non-hydrogen) atoms. The molecule has 3 aromatic carbocycles. The molecule has 1 heterocycles. The largest absolute Gasteiger partial charge is 0.490 e. The highest BCUT2D eigenvalue weighted by Crippen LogP contribution is 2.43. The van der Waals surface area contributed by atoms with Gasteiger partial charge in [0.25, 0.3) is 0 Å². The Kier molecular flexibility index (Phi) is 6.38. The van der Waals surface area contributed by atoms with Gasteiger partial charge in [0.05, 0.1) is 25.7 Å². The van der Waals surface area contributed by atoms with E-state index in [1.54, 1.807) is 36.1 Å². The minimum Gasteiger partial charge on any atom is -0.490 e. The minimum atomic E-state index is -0.458. The van der Waals surface area contributed by atoms with Crippen LogP contribution in [0.3, 0.4) is 0 Å². The number of hydrogen-bond acceptors (Lipinski definition) is 3. The van der Waals surface area contributed by atoms with Gasteiger partial charge in [-0.1, -0.05) is 29.8 Å². The Hall–Kier alpha value is -3.05. The predicted octanol–water partition coefficient (Wildman–Crippen LogP) is 6.26. The summed E-state index contributed by atoms with van der Waals surface area (Å²) in [6.45, 7) is 6.49. The second-order valence-corrected chi connectivity index (χ2v) is 8.13. The van der Waals surface area contributed by atoms with E-state index < -0.39 is 6.04 Å². The van der Waals surface area contributed by atoms with Crippen LogP contribution in [-0.2, 0) is 11.2 Å². The molecule has 0 aliphatic carbocycles. The van der Waals surface area contributed by atoms with Crippen LogP contribution in [0.4, 0.5) is 10.1 Å². The van der Waals surface area contributed by atoms with Crippen molar-refractivity contribution in [2.75, 3.05) is 18.1 Å². The van der Waals surface area contributed by atoms with E-state index in [0.29, 0.717) is 41.0 Å². The molecular formula is C26H25ClFNO3. The summed E-state index contributed by atoms with van der Waals surface area (Å²) < 4.78 is 26.1. The van der Waals surface area contributed by atoms with Gasteiger partial charge in [0, 0.05) is 10.7 Å². The Bertz CT molecular complexity index is 1150. The van der Waals surface area contributed by atoms with Crippen LogP contribution in [0, 0.1) is 12.7 Å². The van der Waals surface area contributed by atoms with Crippen molar-refractivity contribution in [1.82, 2.24) is 0 Å². The molecule has 1 aliphatic rings. The number of hydrogen-bond donors (Lipinski definition) is 0. The zero-order valence-corrected chi connectivity index (χ0v) is 19.1. The van der Waals surface area contributed by atoms with Crippen LogP contribution >= 0.6 is 11.6 Å². The van der Waals surface area contributed by atoms with Crippen LogP contribution in [0.15, 0.2) is 54.6 Å². The van der Waals surface area contributed by atoms with Gasteiger partial charge >= 0.3 is 0 Å². The maximum atomic E-state index is 14.4. The molecule has 6 heteroatoms. The van der Waals surface area contributed by atoms with Crippen LogP contribution in [0.25, 0.3) is 0 Å². The lowest BCUT2D eigenvalue weighted by Crippen LogP contribution is -2.41. The van der Waals surface area contributed by atoms with Gasteiger partial charge in [0.15, 0.2) is 11.5 Å². The molecule has 3 aromatic rings. The number of carbonyl (C=O) groups is 1. The number of rotatable bonds is 6. The number of carbonyl (C=O) groups excluding carboxylic acids is 1. The Morgan fingerprint density at radius 2 is 1.66 bits per heavy atom. The fourth-order valence-electron chi connectivity index (χ4n) is 4.09. The molecule has 0 radical (unpaired) electrons. The molecule has 1 amide bonds. The van der Waals surface area contributed by atoms with Gasteiger partial charge in [-0.3, -0.25) is 4.79 Å². The molecule has 0 bridgehead atoms. The van der Waals surface area contributed by atoms with Gasteiger partial charge in [-0.15, -0.1) is 0 Å². The third kappa shape index (κ3) is 4.17. The lowest BCUT2D eigenvalue weighted by atomic mass is 9.86. The lowest BCUT2D eigenvalue weighted by molar-refractivity contribution is -0.118. The van der Waals surface area contributed by atoms with Crippen LogP contribution < -0.4 is 14.4 Å². The number of ether oxygens (including phenoxy) is 2. The normalized spacial score (nSPS) is 15.5. The fourth-order valence-corrected chi connectivity index (χ4v) is 4.22. The SMILES string of the molecule is CCOc1cc2c(cc1OCC)[C@H](c1ccc(Cl)cc1)N(c1ccc(C)c(F)c1)C(=O)C2. The lowest BCUT2D eigenvalue weighted by Gasteiger charge is -2.38. The number of anilines is 1. The topological polar surface area (TPSA) is 38.8 Å². The maximum Gasteiger partial charge on any atom is 0.232 e. The molecule has 0 fully saturated rings. The number of nitrogens with zero attached hydrogens (tertiary/aromatic N) is 1. The predicted molar refractivity (Wildman–Crippen MR) is 124 cm³/mol. The van der Waals surface area contributed by atoms with Crippen molar-refractivity contribution in [2.45, 2.75) is 33.2 Å². The van der Waals surface area contributed by atoms with E-state index in [9.17, 15) is 9.18 Å². The molecule has 1 aliphatic heterocycles. The minimum absolute atomic E-state index is 0.118. The number of aryl methyl sites for hydroxylation is 1. The van der Waals surface area contributed by atoms with Crippen molar-refractivity contribution in [3.8, 4) is 11.5 Å². The zero-order valence-electron chi connectivity index (χ0n) is 18.3. The third-order valence-corrected chi connectivity index (χ3v) is 5.84.